The molecule has 0 N–H and O–H groups in total. The van der Waals surface area contributed by atoms with Crippen LogP contribution in [0.5, 0.6) is 0 Å². The maximum Gasteiger partial charge on any atom is 0.343 e. The molecule has 20 heavy (non-hydrogen) atoms. The highest BCUT2D eigenvalue weighted by Crippen LogP contribution is 2.17. The Bertz CT molecular complexity index is 765. The number of ether oxygens (including phenoxy) is 1. The van der Waals surface area contributed by atoms with Gasteiger partial charge in [-0.05, 0) is 13.0 Å². The molecule has 0 radical (unpaired) electrons. The van der Waals surface area contributed by atoms with Crippen molar-refractivity contribution in [1.29, 1.82) is 0 Å². The SMILES string of the molecule is C=Cn1cc(C(=O)OCC)c(=O)c2cc(F)c(F)cc21. The topological polar surface area (TPSA) is 48.3 Å². The first-order chi connectivity index (χ1) is 9.49. The van der Waals surface area contributed by atoms with Crippen molar-refractivity contribution in [1.82, 2.24) is 4.57 Å². The number of halogens is 2. The van der Waals surface area contributed by atoms with Crippen LogP contribution in [-0.2, 0) is 4.74 Å². The van der Waals surface area contributed by atoms with Crippen molar-refractivity contribution in [3.8, 4) is 0 Å². The molecule has 0 saturated carbocycles. The maximum atomic E-state index is 13.3. The lowest BCUT2D eigenvalue weighted by molar-refractivity contribution is 0.0524. The number of pyridine rings is 1. The van der Waals surface area contributed by atoms with Crippen LogP contribution in [0.3, 0.4) is 0 Å². The number of esters is 1. The summed E-state index contributed by atoms with van der Waals surface area (Å²) in [5, 5.41) is -0.116. The quantitative estimate of drug-likeness (QED) is 0.811. The molecular formula is C14H11F2NO3. The van der Waals surface area contributed by atoms with Crippen molar-refractivity contribution in [2.24, 2.45) is 0 Å². The minimum absolute atomic E-state index is 0.0994. The zero-order valence-corrected chi connectivity index (χ0v) is 10.7. The first-order valence-electron chi connectivity index (χ1n) is 5.83. The van der Waals surface area contributed by atoms with Gasteiger partial charge in [0, 0.05) is 18.5 Å². The Morgan fingerprint density at radius 3 is 2.65 bits per heavy atom. The first-order valence-corrected chi connectivity index (χ1v) is 5.83. The van der Waals surface area contributed by atoms with Crippen LogP contribution < -0.4 is 5.43 Å². The first kappa shape index (κ1) is 13.9. The van der Waals surface area contributed by atoms with Gasteiger partial charge in [0.1, 0.15) is 5.56 Å². The highest BCUT2D eigenvalue weighted by Gasteiger charge is 2.17. The summed E-state index contributed by atoms with van der Waals surface area (Å²) < 4.78 is 32.6. The van der Waals surface area contributed by atoms with Crippen LogP contribution in [-0.4, -0.2) is 17.1 Å². The Labute approximate surface area is 112 Å². The molecule has 6 heteroatoms. The Morgan fingerprint density at radius 1 is 1.40 bits per heavy atom. The van der Waals surface area contributed by atoms with Crippen molar-refractivity contribution >= 4 is 23.1 Å². The molecule has 2 rings (SSSR count). The van der Waals surface area contributed by atoms with Gasteiger partial charge in [-0.1, -0.05) is 6.58 Å². The van der Waals surface area contributed by atoms with Crippen LogP contribution in [0, 0.1) is 11.6 Å². The van der Waals surface area contributed by atoms with Crippen molar-refractivity contribution in [2.75, 3.05) is 6.61 Å². The van der Waals surface area contributed by atoms with Crippen molar-refractivity contribution < 1.29 is 18.3 Å². The number of hydrogen-bond acceptors (Lipinski definition) is 3. The van der Waals surface area contributed by atoms with E-state index in [-0.39, 0.29) is 23.1 Å². The molecule has 4 nitrogen and oxygen atoms in total. The fraction of sp³-hybridized carbons (Fsp3) is 0.143. The van der Waals surface area contributed by atoms with Gasteiger partial charge in [0.25, 0.3) is 0 Å². The third kappa shape index (κ3) is 2.20. The maximum absolute atomic E-state index is 13.3. The van der Waals surface area contributed by atoms with Crippen molar-refractivity contribution in [3.63, 3.8) is 0 Å². The molecular weight excluding hydrogens is 268 g/mol. The third-order valence-corrected chi connectivity index (χ3v) is 2.77. The molecule has 0 amide bonds. The molecule has 104 valence electrons. The molecule has 1 aromatic carbocycles. The molecule has 0 aliphatic rings. The van der Waals surface area contributed by atoms with E-state index >= 15 is 0 Å². The van der Waals surface area contributed by atoms with E-state index in [2.05, 4.69) is 6.58 Å². The van der Waals surface area contributed by atoms with Gasteiger partial charge in [-0.25, -0.2) is 13.6 Å². The minimum Gasteiger partial charge on any atom is -0.462 e. The van der Waals surface area contributed by atoms with E-state index < -0.39 is 23.0 Å². The fourth-order valence-corrected chi connectivity index (χ4v) is 1.85. The second kappa shape index (κ2) is 5.24. The summed E-state index contributed by atoms with van der Waals surface area (Å²) in [6, 6.07) is 1.64. The average molecular weight is 279 g/mol. The van der Waals surface area contributed by atoms with Gasteiger partial charge in [-0.3, -0.25) is 4.79 Å². The average Bonchev–Trinajstić information content (AvgIpc) is 2.42. The smallest absolute Gasteiger partial charge is 0.343 e. The Morgan fingerprint density at radius 2 is 2.05 bits per heavy atom. The number of benzene rings is 1. The van der Waals surface area contributed by atoms with E-state index in [1.54, 1.807) is 6.92 Å². The van der Waals surface area contributed by atoms with Crippen LogP contribution in [0.2, 0.25) is 0 Å². The second-order valence-corrected chi connectivity index (χ2v) is 3.97. The largest absolute Gasteiger partial charge is 0.462 e. The molecule has 1 heterocycles. The number of aromatic nitrogens is 1. The lowest BCUT2D eigenvalue weighted by Gasteiger charge is -2.09. The second-order valence-electron chi connectivity index (χ2n) is 3.97. The van der Waals surface area contributed by atoms with Gasteiger partial charge in [0.2, 0.25) is 5.43 Å². The van der Waals surface area contributed by atoms with Gasteiger partial charge in [0.15, 0.2) is 11.6 Å². The molecule has 0 saturated heterocycles. The van der Waals surface area contributed by atoms with E-state index in [0.29, 0.717) is 0 Å². The molecule has 0 spiro atoms. The van der Waals surface area contributed by atoms with Gasteiger partial charge in [-0.2, -0.15) is 0 Å². The van der Waals surface area contributed by atoms with Gasteiger partial charge in [0.05, 0.1) is 17.5 Å². The lowest BCUT2D eigenvalue weighted by Crippen LogP contribution is -2.20. The molecule has 0 fully saturated rings. The van der Waals surface area contributed by atoms with Crippen LogP contribution in [0.1, 0.15) is 17.3 Å². The van der Waals surface area contributed by atoms with Crippen LogP contribution in [0.25, 0.3) is 17.1 Å². The van der Waals surface area contributed by atoms with Crippen LogP contribution in [0.15, 0.2) is 29.7 Å². The summed E-state index contributed by atoms with van der Waals surface area (Å²) in [4.78, 5) is 23.8. The predicted molar refractivity (Wildman–Crippen MR) is 70.5 cm³/mol. The van der Waals surface area contributed by atoms with E-state index in [9.17, 15) is 18.4 Å². The van der Waals surface area contributed by atoms with Crippen molar-refractivity contribution in [3.05, 3.63) is 52.3 Å². The summed E-state index contributed by atoms with van der Waals surface area (Å²) in [5.74, 6) is -3.07. The number of carbonyl (C=O) groups is 1. The minimum atomic E-state index is -1.16. The van der Waals surface area contributed by atoms with Crippen molar-refractivity contribution in [2.45, 2.75) is 6.92 Å². The normalized spacial score (nSPS) is 10.6. The lowest BCUT2D eigenvalue weighted by atomic mass is 10.1. The van der Waals surface area contributed by atoms with Crippen LogP contribution in [0.4, 0.5) is 8.78 Å². The third-order valence-electron chi connectivity index (χ3n) is 2.77. The van der Waals surface area contributed by atoms with E-state index in [0.717, 1.165) is 12.1 Å². The number of hydrogen-bond donors (Lipinski definition) is 0. The zero-order valence-electron chi connectivity index (χ0n) is 10.7. The summed E-state index contributed by atoms with van der Waals surface area (Å²) in [7, 11) is 0. The van der Waals surface area contributed by atoms with Gasteiger partial charge < -0.3 is 9.30 Å². The number of fused-ring (bicyclic) bond motifs is 1. The summed E-state index contributed by atoms with van der Waals surface area (Å²) >= 11 is 0. The molecule has 0 aliphatic heterocycles. The Kier molecular flexibility index (Phi) is 3.65. The van der Waals surface area contributed by atoms with Crippen LogP contribution >= 0.6 is 0 Å². The molecule has 2 aromatic rings. The Balaban J connectivity index is 2.85. The van der Waals surface area contributed by atoms with E-state index in [1.165, 1.54) is 17.0 Å². The summed E-state index contributed by atoms with van der Waals surface area (Å²) in [6.45, 7) is 5.20. The molecule has 0 atom stereocenters. The molecule has 1 aromatic heterocycles. The highest BCUT2D eigenvalue weighted by atomic mass is 19.2. The zero-order chi connectivity index (χ0) is 14.9. The Hall–Kier alpha value is -2.50. The highest BCUT2D eigenvalue weighted by molar-refractivity contribution is 5.94. The fourth-order valence-electron chi connectivity index (χ4n) is 1.85. The molecule has 0 aliphatic carbocycles. The monoisotopic (exact) mass is 279 g/mol. The van der Waals surface area contributed by atoms with Gasteiger partial charge >= 0.3 is 5.97 Å². The number of rotatable bonds is 3. The standard InChI is InChI=1S/C14H11F2NO3/c1-3-17-7-9(14(19)20-4-2)13(18)8-5-10(15)11(16)6-12(8)17/h3,5-7H,1,4H2,2H3. The summed E-state index contributed by atoms with van der Waals surface area (Å²) in [5.41, 5.74) is -0.849. The molecule has 0 unspecified atom stereocenters. The summed E-state index contributed by atoms with van der Waals surface area (Å²) in [6.07, 6.45) is 2.47. The molecule has 0 bridgehead atoms. The van der Waals surface area contributed by atoms with E-state index in [4.69, 9.17) is 4.74 Å². The predicted octanol–water partition coefficient (Wildman–Crippen LogP) is 2.56. The van der Waals surface area contributed by atoms with Gasteiger partial charge in [-0.15, -0.1) is 0 Å². The number of nitrogens with zero attached hydrogens (tertiary/aromatic N) is 1. The number of carbonyl (C=O) groups excluding carboxylic acids is 1. The van der Waals surface area contributed by atoms with E-state index in [1.807, 2.05) is 0 Å².